The highest BCUT2D eigenvalue weighted by molar-refractivity contribution is 5.83. The molecule has 2 rings (SSSR count). The molecule has 0 aliphatic carbocycles. The van der Waals surface area contributed by atoms with E-state index in [1.807, 2.05) is 0 Å². The Balaban J connectivity index is 1.89. The summed E-state index contributed by atoms with van der Waals surface area (Å²) in [6, 6.07) is -0.0260. The minimum Gasteiger partial charge on any atom is -0.479 e. The van der Waals surface area contributed by atoms with Crippen LogP contribution < -0.4 is 5.32 Å². The smallest absolute Gasteiger partial charge is 0.332 e. The number of carbonyl (C=O) groups is 3. The van der Waals surface area contributed by atoms with Crippen molar-refractivity contribution >= 4 is 17.8 Å². The second-order valence-corrected chi connectivity index (χ2v) is 5.35. The number of aliphatic carboxylic acids is 1. The average Bonchev–Trinajstić information content (AvgIpc) is 2.87. The highest BCUT2D eigenvalue weighted by Crippen LogP contribution is 2.23. The molecular formula is C13H20N2O5. The number of rotatable bonds is 3. The zero-order chi connectivity index (χ0) is 14.7. The van der Waals surface area contributed by atoms with Gasteiger partial charge in [-0.15, -0.1) is 0 Å². The van der Waals surface area contributed by atoms with E-state index in [9.17, 15) is 14.4 Å². The Bertz CT molecular complexity index is 412. The second-order valence-electron chi connectivity index (χ2n) is 5.35. The van der Waals surface area contributed by atoms with Gasteiger partial charge in [-0.25, -0.2) is 4.79 Å². The van der Waals surface area contributed by atoms with Crippen molar-refractivity contribution in [1.82, 2.24) is 10.2 Å². The first-order valence-electron chi connectivity index (χ1n) is 6.91. The molecule has 7 heteroatoms. The number of hydrogen-bond donors (Lipinski definition) is 2. The summed E-state index contributed by atoms with van der Waals surface area (Å²) in [6.07, 6.45) is 0.955. The van der Waals surface area contributed by atoms with Gasteiger partial charge >= 0.3 is 5.97 Å². The molecule has 0 aromatic heterocycles. The van der Waals surface area contributed by atoms with Gasteiger partial charge in [-0.05, 0) is 25.7 Å². The summed E-state index contributed by atoms with van der Waals surface area (Å²) in [5.41, 5.74) is 0. The van der Waals surface area contributed by atoms with E-state index in [0.29, 0.717) is 25.9 Å². The Morgan fingerprint density at radius 3 is 2.50 bits per heavy atom. The second kappa shape index (κ2) is 6.21. The normalized spacial score (nSPS) is 30.1. The Labute approximate surface area is 117 Å². The number of hydrogen-bond acceptors (Lipinski definition) is 4. The third-order valence-corrected chi connectivity index (χ3v) is 3.71. The van der Waals surface area contributed by atoms with Crippen LogP contribution in [0.4, 0.5) is 0 Å². The van der Waals surface area contributed by atoms with Crippen molar-refractivity contribution in [2.24, 2.45) is 0 Å². The number of amides is 2. The lowest BCUT2D eigenvalue weighted by Gasteiger charge is -2.34. The molecular weight excluding hydrogens is 264 g/mol. The molecule has 0 radical (unpaired) electrons. The summed E-state index contributed by atoms with van der Waals surface area (Å²) in [5, 5.41) is 11.7. The van der Waals surface area contributed by atoms with Crippen LogP contribution in [0.3, 0.4) is 0 Å². The molecule has 2 fully saturated rings. The van der Waals surface area contributed by atoms with E-state index in [0.717, 1.165) is 12.8 Å². The van der Waals surface area contributed by atoms with Crippen LogP contribution in [0.15, 0.2) is 0 Å². The highest BCUT2D eigenvalue weighted by Gasteiger charge is 2.37. The Morgan fingerprint density at radius 1 is 1.20 bits per heavy atom. The summed E-state index contributed by atoms with van der Waals surface area (Å²) < 4.78 is 5.28. The molecule has 1 unspecified atom stereocenters. The maximum atomic E-state index is 12.3. The molecule has 2 N–H and O–H groups in total. The van der Waals surface area contributed by atoms with Crippen LogP contribution in [0.2, 0.25) is 0 Å². The molecule has 112 valence electrons. The minimum absolute atomic E-state index is 0.0260. The molecule has 20 heavy (non-hydrogen) atoms. The van der Waals surface area contributed by atoms with Crippen LogP contribution in [-0.4, -0.2) is 59.1 Å². The molecule has 2 amide bonds. The number of nitrogens with zero attached hydrogens (tertiary/aromatic N) is 1. The molecule has 0 bridgehead atoms. The van der Waals surface area contributed by atoms with E-state index in [-0.39, 0.29) is 17.9 Å². The van der Waals surface area contributed by atoms with Crippen molar-refractivity contribution in [2.75, 3.05) is 13.1 Å². The van der Waals surface area contributed by atoms with Crippen LogP contribution in [0.1, 0.15) is 32.6 Å². The van der Waals surface area contributed by atoms with Crippen LogP contribution in [0, 0.1) is 0 Å². The quantitative estimate of drug-likeness (QED) is 0.745. The summed E-state index contributed by atoms with van der Waals surface area (Å²) in [4.78, 5) is 35.8. The standard InChI is InChI=1S/C13H20N2O5/c1-8(16)14-9-3-2-6-15(7-9)12(17)10-4-5-11(20-10)13(18)19/h9-11H,2-7H2,1H3,(H,14,16)(H,18,19)/t9?,10-,11+/m0/s1. The van der Waals surface area contributed by atoms with Gasteiger partial charge in [0.05, 0.1) is 0 Å². The van der Waals surface area contributed by atoms with Gasteiger partial charge in [0.1, 0.15) is 6.10 Å². The molecule has 2 aliphatic heterocycles. The van der Waals surface area contributed by atoms with Crippen LogP contribution in [0.25, 0.3) is 0 Å². The Kier molecular flexibility index (Phi) is 4.59. The predicted octanol–water partition coefficient (Wildman–Crippen LogP) is -0.254. The van der Waals surface area contributed by atoms with Gasteiger partial charge in [0, 0.05) is 26.1 Å². The zero-order valence-corrected chi connectivity index (χ0v) is 11.5. The Hall–Kier alpha value is -1.63. The maximum Gasteiger partial charge on any atom is 0.332 e. The molecule has 3 atom stereocenters. The molecule has 7 nitrogen and oxygen atoms in total. The van der Waals surface area contributed by atoms with Crippen molar-refractivity contribution in [3.8, 4) is 0 Å². The van der Waals surface area contributed by atoms with Gasteiger partial charge in [0.15, 0.2) is 6.10 Å². The van der Waals surface area contributed by atoms with E-state index in [4.69, 9.17) is 9.84 Å². The van der Waals surface area contributed by atoms with E-state index in [1.165, 1.54) is 6.92 Å². The number of nitrogens with one attached hydrogen (secondary N) is 1. The SMILES string of the molecule is CC(=O)NC1CCCN(C(=O)[C@@H]2CC[C@H](C(=O)O)O2)C1. The van der Waals surface area contributed by atoms with Gasteiger partial charge in [-0.2, -0.15) is 0 Å². The number of ether oxygens (including phenoxy) is 1. The van der Waals surface area contributed by atoms with Gasteiger partial charge in [0.2, 0.25) is 5.91 Å². The zero-order valence-electron chi connectivity index (χ0n) is 11.5. The predicted molar refractivity (Wildman–Crippen MR) is 68.9 cm³/mol. The van der Waals surface area contributed by atoms with E-state index >= 15 is 0 Å². The first-order chi connectivity index (χ1) is 9.47. The number of carboxylic acids is 1. The topological polar surface area (TPSA) is 95.9 Å². The fourth-order valence-corrected chi connectivity index (χ4v) is 2.79. The van der Waals surface area contributed by atoms with Crippen molar-refractivity contribution in [2.45, 2.75) is 50.9 Å². The van der Waals surface area contributed by atoms with Gasteiger partial charge in [0.25, 0.3) is 5.91 Å². The lowest BCUT2D eigenvalue weighted by Crippen LogP contribution is -2.51. The maximum absolute atomic E-state index is 12.3. The van der Waals surface area contributed by atoms with E-state index < -0.39 is 18.2 Å². The Morgan fingerprint density at radius 2 is 1.90 bits per heavy atom. The molecule has 0 saturated carbocycles. The fraction of sp³-hybridized carbons (Fsp3) is 0.769. The minimum atomic E-state index is -1.02. The van der Waals surface area contributed by atoms with Crippen molar-refractivity contribution in [1.29, 1.82) is 0 Å². The monoisotopic (exact) mass is 284 g/mol. The largest absolute Gasteiger partial charge is 0.479 e. The molecule has 2 aliphatic rings. The third-order valence-electron chi connectivity index (χ3n) is 3.71. The number of piperidine rings is 1. The van der Waals surface area contributed by atoms with Gasteiger partial charge in [-0.3, -0.25) is 9.59 Å². The van der Waals surface area contributed by atoms with E-state index in [2.05, 4.69) is 5.32 Å². The average molecular weight is 284 g/mol. The van der Waals surface area contributed by atoms with Crippen LogP contribution >= 0.6 is 0 Å². The van der Waals surface area contributed by atoms with Crippen LogP contribution in [0.5, 0.6) is 0 Å². The fourth-order valence-electron chi connectivity index (χ4n) is 2.79. The molecule has 0 aromatic carbocycles. The summed E-state index contributed by atoms with van der Waals surface area (Å²) >= 11 is 0. The van der Waals surface area contributed by atoms with Crippen LogP contribution in [-0.2, 0) is 19.1 Å². The van der Waals surface area contributed by atoms with Gasteiger partial charge in [-0.1, -0.05) is 0 Å². The van der Waals surface area contributed by atoms with Crippen molar-refractivity contribution in [3.05, 3.63) is 0 Å². The molecule has 0 spiro atoms. The van der Waals surface area contributed by atoms with Crippen molar-refractivity contribution in [3.63, 3.8) is 0 Å². The third kappa shape index (κ3) is 3.47. The lowest BCUT2D eigenvalue weighted by molar-refractivity contribution is -0.155. The van der Waals surface area contributed by atoms with E-state index in [1.54, 1.807) is 4.90 Å². The first kappa shape index (κ1) is 14.8. The molecule has 2 heterocycles. The summed E-state index contributed by atoms with van der Waals surface area (Å²) in [5.74, 6) is -1.29. The number of carbonyl (C=O) groups excluding carboxylic acids is 2. The summed E-state index contributed by atoms with van der Waals surface area (Å²) in [6.45, 7) is 2.56. The summed E-state index contributed by atoms with van der Waals surface area (Å²) in [7, 11) is 0. The number of carboxylic acid groups (broad SMARTS) is 1. The molecule has 0 aromatic rings. The molecule has 2 saturated heterocycles. The lowest BCUT2D eigenvalue weighted by atomic mass is 10.0. The number of likely N-dealkylation sites (tertiary alicyclic amines) is 1. The van der Waals surface area contributed by atoms with Crippen molar-refractivity contribution < 1.29 is 24.2 Å². The highest BCUT2D eigenvalue weighted by atomic mass is 16.5. The first-order valence-corrected chi connectivity index (χ1v) is 6.91. The van der Waals surface area contributed by atoms with Gasteiger partial charge < -0.3 is 20.1 Å².